The molecule has 0 radical (unpaired) electrons. The Bertz CT molecular complexity index is 396. The lowest BCUT2D eigenvalue weighted by atomic mass is 10.2. The average molecular weight is 265 g/mol. The number of nitrogens with one attached hydrogen (secondary N) is 2. The summed E-state index contributed by atoms with van der Waals surface area (Å²) >= 11 is 0. The van der Waals surface area contributed by atoms with Crippen molar-refractivity contribution in [2.45, 2.75) is 32.9 Å². The Morgan fingerprint density at radius 3 is 3.00 bits per heavy atom. The van der Waals surface area contributed by atoms with Gasteiger partial charge in [0.2, 0.25) is 5.91 Å². The minimum atomic E-state index is -0.232. The molecular weight excluding hydrogens is 242 g/mol. The number of hydrogen-bond acceptors (Lipinski definition) is 4. The number of methoxy groups -OCH3 is 1. The van der Waals surface area contributed by atoms with Gasteiger partial charge in [0.25, 0.3) is 0 Å². The van der Waals surface area contributed by atoms with E-state index in [1.807, 2.05) is 26.0 Å². The molecule has 106 valence electrons. The summed E-state index contributed by atoms with van der Waals surface area (Å²) in [4.78, 5) is 16.1. The van der Waals surface area contributed by atoms with Crippen LogP contribution in [0.25, 0.3) is 0 Å². The van der Waals surface area contributed by atoms with Crippen LogP contribution < -0.4 is 10.6 Å². The molecule has 0 spiro atoms. The lowest BCUT2D eigenvalue weighted by Crippen LogP contribution is -2.42. The first kappa shape index (κ1) is 15.6. The first-order chi connectivity index (χ1) is 9.15. The highest BCUT2D eigenvalue weighted by Crippen LogP contribution is 2.02. The molecule has 19 heavy (non-hydrogen) atoms. The van der Waals surface area contributed by atoms with E-state index in [0.29, 0.717) is 19.7 Å². The molecule has 0 bridgehead atoms. The summed E-state index contributed by atoms with van der Waals surface area (Å²) in [6.45, 7) is 5.76. The van der Waals surface area contributed by atoms with E-state index in [2.05, 4.69) is 15.6 Å². The molecule has 0 aromatic carbocycles. The van der Waals surface area contributed by atoms with E-state index in [4.69, 9.17) is 4.74 Å². The molecule has 1 aromatic rings. The molecule has 0 saturated carbocycles. The molecule has 0 saturated heterocycles. The van der Waals surface area contributed by atoms with Crippen LogP contribution in [0.1, 0.15) is 24.6 Å². The van der Waals surface area contributed by atoms with Crippen molar-refractivity contribution in [3.8, 4) is 0 Å². The number of carbonyl (C=O) groups excluding carboxylic acids is 1. The number of pyridine rings is 1. The smallest absolute Gasteiger partial charge is 0.236 e. The Morgan fingerprint density at radius 1 is 1.53 bits per heavy atom. The zero-order valence-electron chi connectivity index (χ0n) is 11.9. The van der Waals surface area contributed by atoms with Gasteiger partial charge in [-0.2, -0.15) is 0 Å². The van der Waals surface area contributed by atoms with Crippen molar-refractivity contribution in [2.24, 2.45) is 0 Å². The fraction of sp³-hybridized carbons (Fsp3) is 0.571. The quantitative estimate of drug-likeness (QED) is 0.689. The molecule has 0 aliphatic rings. The fourth-order valence-electron chi connectivity index (χ4n) is 1.63. The number of aryl methyl sites for hydroxylation is 1. The monoisotopic (exact) mass is 265 g/mol. The molecule has 1 unspecified atom stereocenters. The van der Waals surface area contributed by atoms with E-state index in [1.54, 1.807) is 13.3 Å². The highest BCUT2D eigenvalue weighted by molar-refractivity contribution is 5.81. The number of nitrogens with zero attached hydrogens (tertiary/aromatic N) is 1. The Balaban J connectivity index is 2.28. The van der Waals surface area contributed by atoms with E-state index in [0.717, 1.165) is 17.7 Å². The summed E-state index contributed by atoms with van der Waals surface area (Å²) in [6.07, 6.45) is 2.59. The Labute approximate surface area is 114 Å². The van der Waals surface area contributed by atoms with E-state index < -0.39 is 0 Å². The average Bonchev–Trinajstić information content (AvgIpc) is 2.42. The summed E-state index contributed by atoms with van der Waals surface area (Å²) in [5.41, 5.74) is 2.10. The SMILES string of the molecule is COCCCNC(=O)C(C)NCc1ncccc1C. The lowest BCUT2D eigenvalue weighted by Gasteiger charge is -2.14. The molecule has 0 fully saturated rings. The Morgan fingerprint density at radius 2 is 2.32 bits per heavy atom. The fourth-order valence-corrected chi connectivity index (χ4v) is 1.63. The molecule has 5 heteroatoms. The van der Waals surface area contributed by atoms with Crippen LogP contribution in [0.4, 0.5) is 0 Å². The van der Waals surface area contributed by atoms with E-state index in [1.165, 1.54) is 0 Å². The number of ether oxygens (including phenoxy) is 1. The second-order valence-corrected chi connectivity index (χ2v) is 4.51. The highest BCUT2D eigenvalue weighted by Gasteiger charge is 2.11. The van der Waals surface area contributed by atoms with Gasteiger partial charge in [0.1, 0.15) is 0 Å². The Hall–Kier alpha value is -1.46. The molecule has 1 aromatic heterocycles. The predicted octanol–water partition coefficient (Wildman–Crippen LogP) is 1.02. The molecule has 1 rings (SSSR count). The molecule has 0 aliphatic carbocycles. The minimum absolute atomic E-state index is 0.00434. The molecular formula is C14H23N3O2. The number of carbonyl (C=O) groups is 1. The van der Waals surface area contributed by atoms with Crippen LogP contribution >= 0.6 is 0 Å². The summed E-state index contributed by atoms with van der Waals surface area (Å²) in [7, 11) is 1.65. The first-order valence-electron chi connectivity index (χ1n) is 6.55. The third-order valence-electron chi connectivity index (χ3n) is 2.91. The van der Waals surface area contributed by atoms with Gasteiger partial charge in [0.05, 0.1) is 11.7 Å². The largest absolute Gasteiger partial charge is 0.385 e. The van der Waals surface area contributed by atoms with Crippen LogP contribution in [0.3, 0.4) is 0 Å². The third-order valence-corrected chi connectivity index (χ3v) is 2.91. The van der Waals surface area contributed by atoms with Crippen molar-refractivity contribution in [3.05, 3.63) is 29.6 Å². The minimum Gasteiger partial charge on any atom is -0.385 e. The molecule has 2 N–H and O–H groups in total. The van der Waals surface area contributed by atoms with Gasteiger partial charge in [-0.05, 0) is 31.9 Å². The van der Waals surface area contributed by atoms with Crippen LogP contribution in [0, 0.1) is 6.92 Å². The number of hydrogen-bond donors (Lipinski definition) is 2. The number of aromatic nitrogens is 1. The molecule has 1 atom stereocenters. The predicted molar refractivity (Wildman–Crippen MR) is 74.8 cm³/mol. The maximum absolute atomic E-state index is 11.8. The first-order valence-corrected chi connectivity index (χ1v) is 6.55. The number of rotatable bonds is 8. The zero-order valence-corrected chi connectivity index (χ0v) is 11.9. The van der Waals surface area contributed by atoms with Crippen LogP contribution in [0.5, 0.6) is 0 Å². The second-order valence-electron chi connectivity index (χ2n) is 4.51. The summed E-state index contributed by atoms with van der Waals surface area (Å²) in [5.74, 6) is 0.00434. The van der Waals surface area contributed by atoms with Gasteiger partial charge in [-0.1, -0.05) is 6.07 Å². The van der Waals surface area contributed by atoms with Gasteiger partial charge in [0.15, 0.2) is 0 Å². The van der Waals surface area contributed by atoms with Crippen molar-refractivity contribution >= 4 is 5.91 Å². The summed E-state index contributed by atoms with van der Waals surface area (Å²) < 4.78 is 4.93. The molecule has 0 aliphatic heterocycles. The van der Waals surface area contributed by atoms with Crippen LogP contribution in [0.2, 0.25) is 0 Å². The topological polar surface area (TPSA) is 63.2 Å². The lowest BCUT2D eigenvalue weighted by molar-refractivity contribution is -0.122. The van der Waals surface area contributed by atoms with Crippen molar-refractivity contribution in [1.82, 2.24) is 15.6 Å². The van der Waals surface area contributed by atoms with Crippen LogP contribution in [-0.2, 0) is 16.1 Å². The van der Waals surface area contributed by atoms with E-state index >= 15 is 0 Å². The molecule has 5 nitrogen and oxygen atoms in total. The van der Waals surface area contributed by atoms with Crippen molar-refractivity contribution in [3.63, 3.8) is 0 Å². The highest BCUT2D eigenvalue weighted by atomic mass is 16.5. The van der Waals surface area contributed by atoms with Crippen molar-refractivity contribution in [2.75, 3.05) is 20.3 Å². The van der Waals surface area contributed by atoms with Gasteiger partial charge in [-0.25, -0.2) is 0 Å². The third kappa shape index (κ3) is 5.81. The maximum atomic E-state index is 11.8. The summed E-state index contributed by atoms with van der Waals surface area (Å²) in [6, 6.07) is 3.69. The number of amides is 1. The standard InChI is InChI=1S/C14H23N3O2/c1-11-6-4-7-15-13(11)10-17-12(2)14(18)16-8-5-9-19-3/h4,6-7,12,17H,5,8-10H2,1-3H3,(H,16,18). The van der Waals surface area contributed by atoms with Crippen LogP contribution in [0.15, 0.2) is 18.3 Å². The van der Waals surface area contributed by atoms with E-state index in [9.17, 15) is 4.79 Å². The maximum Gasteiger partial charge on any atom is 0.236 e. The van der Waals surface area contributed by atoms with Crippen LogP contribution in [-0.4, -0.2) is 37.2 Å². The van der Waals surface area contributed by atoms with Crippen molar-refractivity contribution in [1.29, 1.82) is 0 Å². The molecule has 1 amide bonds. The van der Waals surface area contributed by atoms with Gasteiger partial charge < -0.3 is 15.4 Å². The van der Waals surface area contributed by atoms with Gasteiger partial charge in [0, 0.05) is 33.0 Å². The van der Waals surface area contributed by atoms with Gasteiger partial charge in [-0.3, -0.25) is 9.78 Å². The Kier molecular flexibility index (Phi) is 7.07. The zero-order chi connectivity index (χ0) is 14.1. The summed E-state index contributed by atoms with van der Waals surface area (Å²) in [5, 5.41) is 6.04. The van der Waals surface area contributed by atoms with Gasteiger partial charge >= 0.3 is 0 Å². The second kappa shape index (κ2) is 8.61. The van der Waals surface area contributed by atoms with Gasteiger partial charge in [-0.15, -0.1) is 0 Å². The normalized spacial score (nSPS) is 12.2. The van der Waals surface area contributed by atoms with E-state index in [-0.39, 0.29) is 11.9 Å². The molecule has 1 heterocycles. The van der Waals surface area contributed by atoms with Crippen molar-refractivity contribution < 1.29 is 9.53 Å².